The van der Waals surface area contributed by atoms with Crippen LogP contribution in [-0.4, -0.2) is 19.7 Å². The summed E-state index contributed by atoms with van der Waals surface area (Å²) in [5, 5.41) is 0.0912. The molecule has 3 heteroatoms. The van der Waals surface area contributed by atoms with Crippen LogP contribution in [0.25, 0.3) is 0 Å². The molecule has 0 heterocycles. The van der Waals surface area contributed by atoms with Crippen LogP contribution in [0.3, 0.4) is 0 Å². The van der Waals surface area contributed by atoms with Crippen LogP contribution in [-0.2, 0) is 9.73 Å². The first kappa shape index (κ1) is 22.9. The molecule has 0 radical (unpaired) electrons. The molecule has 140 valence electrons. The smallest absolute Gasteiger partial charge is 0.0651 e. The Hall–Kier alpha value is -0.0500. The molecule has 0 saturated carbocycles. The van der Waals surface area contributed by atoms with Gasteiger partial charge in [-0.05, 0) is 65.2 Å². The molecule has 23 heavy (non-hydrogen) atoms. The van der Waals surface area contributed by atoms with Crippen molar-refractivity contribution in [1.82, 2.24) is 0 Å². The zero-order chi connectivity index (χ0) is 18.9. The van der Waals surface area contributed by atoms with Gasteiger partial charge in [0.2, 0.25) is 0 Å². The Balaban J connectivity index is 5.96. The summed E-state index contributed by atoms with van der Waals surface area (Å²) in [6.07, 6.45) is 2.13. The summed E-state index contributed by atoms with van der Waals surface area (Å²) in [6.45, 7) is 26.2. The minimum absolute atomic E-state index is 0.0912. The van der Waals surface area contributed by atoms with Crippen LogP contribution in [0, 0.1) is 17.3 Å². The van der Waals surface area contributed by atoms with Crippen LogP contribution < -0.4 is 0 Å². The van der Waals surface area contributed by atoms with Crippen LogP contribution in [0.1, 0.15) is 95.9 Å². The van der Waals surface area contributed by atoms with E-state index in [1.807, 2.05) is 0 Å². The first-order valence-corrected chi connectivity index (χ1v) is 10.8. The molecule has 3 unspecified atom stereocenters. The first-order chi connectivity index (χ1) is 10.00. The maximum Gasteiger partial charge on any atom is 0.0651 e. The van der Waals surface area contributed by atoms with Gasteiger partial charge in [0.15, 0.2) is 0 Å². The quantitative estimate of drug-likeness (QED) is 0.515. The highest BCUT2D eigenvalue weighted by atomic mass is 32.2. The molecule has 0 aromatic rings. The van der Waals surface area contributed by atoms with Crippen molar-refractivity contribution in [1.29, 1.82) is 0 Å². The Morgan fingerprint density at radius 3 is 1.65 bits per heavy atom. The Kier molecular flexibility index (Phi) is 7.44. The van der Waals surface area contributed by atoms with E-state index < -0.39 is 9.73 Å². The van der Waals surface area contributed by atoms with Gasteiger partial charge in [0.1, 0.15) is 0 Å². The van der Waals surface area contributed by atoms with Gasteiger partial charge in [-0.2, -0.15) is 0 Å². The minimum atomic E-state index is -2.32. The zero-order valence-electron chi connectivity index (χ0n) is 17.9. The van der Waals surface area contributed by atoms with E-state index in [1.165, 1.54) is 6.42 Å². The molecule has 0 aromatic carbocycles. The summed E-state index contributed by atoms with van der Waals surface area (Å²) in [7, 11) is -2.32. The fourth-order valence-electron chi connectivity index (χ4n) is 3.39. The Labute approximate surface area is 147 Å². The van der Waals surface area contributed by atoms with Crippen molar-refractivity contribution >= 4 is 9.73 Å². The van der Waals surface area contributed by atoms with Crippen molar-refractivity contribution in [3.05, 3.63) is 0 Å². The first-order valence-electron chi connectivity index (χ1n) is 9.27. The van der Waals surface area contributed by atoms with E-state index in [4.69, 9.17) is 4.36 Å². The van der Waals surface area contributed by atoms with Crippen LogP contribution in [0.4, 0.5) is 0 Å². The van der Waals surface area contributed by atoms with Gasteiger partial charge in [0.05, 0.1) is 15.3 Å². The minimum Gasteiger partial charge on any atom is -0.249 e. The molecule has 0 rings (SSSR count). The lowest BCUT2D eigenvalue weighted by Crippen LogP contribution is -2.41. The van der Waals surface area contributed by atoms with Gasteiger partial charge >= 0.3 is 0 Å². The maximum atomic E-state index is 13.9. The highest BCUT2D eigenvalue weighted by Crippen LogP contribution is 2.40. The number of nitrogens with zero attached hydrogens (tertiary/aromatic N) is 1. The summed E-state index contributed by atoms with van der Waals surface area (Å²) in [6, 6.07) is 0. The molecular weight excluding hydrogens is 302 g/mol. The topological polar surface area (TPSA) is 29.4 Å². The molecule has 0 aliphatic rings. The van der Waals surface area contributed by atoms with Crippen molar-refractivity contribution in [2.75, 3.05) is 0 Å². The van der Waals surface area contributed by atoms with Gasteiger partial charge in [-0.15, -0.1) is 0 Å². The predicted octanol–water partition coefficient (Wildman–Crippen LogP) is 6.54. The lowest BCUT2D eigenvalue weighted by atomic mass is 9.71. The van der Waals surface area contributed by atoms with Crippen LogP contribution in [0.15, 0.2) is 4.36 Å². The predicted molar refractivity (Wildman–Crippen MR) is 107 cm³/mol. The van der Waals surface area contributed by atoms with E-state index in [1.54, 1.807) is 0 Å². The van der Waals surface area contributed by atoms with Crippen molar-refractivity contribution < 1.29 is 4.21 Å². The second-order valence-electron chi connectivity index (χ2n) is 10.0. The molecule has 0 spiro atoms. The lowest BCUT2D eigenvalue weighted by Gasteiger charge is -2.40. The third-order valence-corrected chi connectivity index (χ3v) is 9.61. The standard InChI is InChI=1S/C20H43NOS/c1-13-16(4)19(9,10)14-20(11,12)21-23(22,18(6,7)8)17(5)15(2)3/h15-17H,13-14H2,1-12H3. The van der Waals surface area contributed by atoms with Crippen molar-refractivity contribution in [3.63, 3.8) is 0 Å². The van der Waals surface area contributed by atoms with Crippen molar-refractivity contribution in [3.8, 4) is 0 Å². The molecule has 2 nitrogen and oxygen atoms in total. The van der Waals surface area contributed by atoms with Gasteiger partial charge in [-0.3, -0.25) is 0 Å². The summed E-state index contributed by atoms with van der Waals surface area (Å²) in [5.41, 5.74) is -0.0818. The Bertz CT molecular complexity index is 488. The highest BCUT2D eigenvalue weighted by molar-refractivity contribution is 7.95. The molecule has 0 aliphatic heterocycles. The summed E-state index contributed by atoms with van der Waals surface area (Å²) < 4.78 is 18.7. The monoisotopic (exact) mass is 345 g/mol. The normalized spacial score (nSPS) is 19.3. The largest absolute Gasteiger partial charge is 0.249 e. The van der Waals surface area contributed by atoms with Gasteiger partial charge in [0.25, 0.3) is 0 Å². The lowest BCUT2D eigenvalue weighted by molar-refractivity contribution is 0.167. The fraction of sp³-hybridized carbons (Fsp3) is 1.00. The SMILES string of the molecule is CCC(C)C(C)(C)CC(C)(C)N=S(=O)(C(C)C(C)C)C(C)(C)C. The molecular formula is C20H43NOS. The second kappa shape index (κ2) is 7.45. The number of hydrogen-bond acceptors (Lipinski definition) is 2. The molecule has 0 aromatic heterocycles. The molecule has 0 aliphatic carbocycles. The third-order valence-electron chi connectivity index (χ3n) is 5.54. The van der Waals surface area contributed by atoms with E-state index in [9.17, 15) is 4.21 Å². The van der Waals surface area contributed by atoms with Crippen molar-refractivity contribution in [2.24, 2.45) is 21.6 Å². The van der Waals surface area contributed by atoms with E-state index >= 15 is 0 Å². The van der Waals surface area contributed by atoms with Crippen LogP contribution >= 0.6 is 0 Å². The molecule has 0 amide bonds. The number of rotatable bonds is 7. The highest BCUT2D eigenvalue weighted by Gasteiger charge is 2.39. The fourth-order valence-corrected chi connectivity index (χ4v) is 6.48. The van der Waals surface area contributed by atoms with Crippen molar-refractivity contribution in [2.45, 2.75) is 111 Å². The molecule has 0 bridgehead atoms. The third kappa shape index (κ3) is 5.76. The summed E-state index contributed by atoms with van der Waals surface area (Å²) in [4.78, 5) is 0. The Morgan fingerprint density at radius 1 is 0.913 bits per heavy atom. The number of hydrogen-bond donors (Lipinski definition) is 0. The van der Waals surface area contributed by atoms with E-state index in [2.05, 4.69) is 83.1 Å². The Morgan fingerprint density at radius 2 is 1.35 bits per heavy atom. The summed E-state index contributed by atoms with van der Waals surface area (Å²) >= 11 is 0. The van der Waals surface area contributed by atoms with E-state index in [0.29, 0.717) is 11.8 Å². The van der Waals surface area contributed by atoms with Gasteiger partial charge in [-0.25, -0.2) is 8.57 Å². The van der Waals surface area contributed by atoms with Gasteiger partial charge < -0.3 is 0 Å². The van der Waals surface area contributed by atoms with Crippen LogP contribution in [0.5, 0.6) is 0 Å². The van der Waals surface area contributed by atoms with Gasteiger partial charge in [0, 0.05) is 10.00 Å². The second-order valence-corrected chi connectivity index (χ2v) is 13.3. The summed E-state index contributed by atoms with van der Waals surface area (Å²) in [5.74, 6) is 0.994. The van der Waals surface area contributed by atoms with E-state index in [-0.39, 0.29) is 21.0 Å². The molecule has 0 N–H and O–H groups in total. The van der Waals surface area contributed by atoms with Gasteiger partial charge in [-0.1, -0.05) is 48.0 Å². The maximum absolute atomic E-state index is 13.9. The average molecular weight is 346 g/mol. The van der Waals surface area contributed by atoms with E-state index in [0.717, 1.165) is 6.42 Å². The zero-order valence-corrected chi connectivity index (χ0v) is 18.7. The molecule has 0 fully saturated rings. The molecule has 0 saturated heterocycles. The average Bonchev–Trinajstić information content (AvgIpc) is 2.32. The van der Waals surface area contributed by atoms with Crippen LogP contribution in [0.2, 0.25) is 0 Å². The molecule has 3 atom stereocenters.